The number of carbonyl (C=O) groups is 1. The van der Waals surface area contributed by atoms with Gasteiger partial charge < -0.3 is 10.7 Å². The number of alkyl halides is 3. The van der Waals surface area contributed by atoms with Crippen LogP contribution in [0.15, 0.2) is 16.7 Å². The Bertz CT molecular complexity index is 605. The minimum atomic E-state index is -5.41. The summed E-state index contributed by atoms with van der Waals surface area (Å²) in [4.78, 5) is 16.9. The summed E-state index contributed by atoms with van der Waals surface area (Å²) in [5.41, 5.74) is 4.72. The number of primary amides is 1. The van der Waals surface area contributed by atoms with Crippen molar-refractivity contribution < 1.29 is 28.2 Å². The predicted molar refractivity (Wildman–Crippen MR) is 56.3 cm³/mol. The summed E-state index contributed by atoms with van der Waals surface area (Å²) in [6, 6.07) is 0. The zero-order chi connectivity index (χ0) is 18.1. The van der Waals surface area contributed by atoms with Gasteiger partial charge in [-0.25, -0.2) is 4.98 Å². The molecular weight excluding hydrogens is 269 g/mol. The maximum absolute atomic E-state index is 12.1. The molecule has 0 saturated heterocycles. The molecule has 11 heteroatoms. The van der Waals surface area contributed by atoms with Crippen molar-refractivity contribution in [2.45, 2.75) is 6.36 Å². The van der Waals surface area contributed by atoms with Crippen molar-refractivity contribution in [1.29, 1.82) is 0 Å². The minimum Gasteiger partial charge on any atom is -0.364 e. The Morgan fingerprint density at radius 2 is 2.42 bits per heavy atom. The lowest BCUT2D eigenvalue weighted by Crippen LogP contribution is -2.22. The number of ether oxygens (including phenoxy) is 1. The van der Waals surface area contributed by atoms with Gasteiger partial charge in [0.2, 0.25) is 5.82 Å². The van der Waals surface area contributed by atoms with Crippen molar-refractivity contribution in [3.8, 4) is 0 Å². The lowest BCUT2D eigenvalue weighted by atomic mass is 10.4. The van der Waals surface area contributed by atoms with E-state index in [2.05, 4.69) is 25.0 Å². The van der Waals surface area contributed by atoms with Gasteiger partial charge in [0.25, 0.3) is 5.91 Å². The molecule has 0 aromatic carbocycles. The van der Waals surface area contributed by atoms with Crippen LogP contribution in [0, 0.1) is 0 Å². The molecule has 0 fully saturated rings. The Morgan fingerprint density at radius 3 is 3.00 bits per heavy atom. The molecule has 0 aliphatic heterocycles. The molecule has 0 spiro atoms. The summed E-state index contributed by atoms with van der Waals surface area (Å²) in [6.45, 7) is -7.15. The summed E-state index contributed by atoms with van der Waals surface area (Å²) in [5, 5.41) is 6.66. The molecule has 0 unspecified atom stereocenters. The van der Waals surface area contributed by atoms with Gasteiger partial charge in [0.1, 0.15) is 0 Å². The van der Waals surface area contributed by atoms with Gasteiger partial charge in [-0.15, -0.1) is 18.3 Å². The number of imidazole rings is 1. The van der Waals surface area contributed by atoms with E-state index in [1.807, 2.05) is 0 Å². The number of rotatable bonds is 6. The van der Waals surface area contributed by atoms with E-state index < -0.39 is 25.3 Å². The fourth-order valence-electron chi connectivity index (χ4n) is 0.823. The lowest BCUT2D eigenvalue weighted by Gasteiger charge is -2.12. The van der Waals surface area contributed by atoms with Crippen LogP contribution < -0.4 is 5.73 Å². The maximum Gasteiger partial charge on any atom is 0.522 e. The Kier molecular flexibility index (Phi) is 3.14. The SMILES string of the molecule is [2H]C([2H])(OC(F)(F)F)C([2H])([2H])N(C)/N=N/c1nc[nH]c1C(N)=O. The van der Waals surface area contributed by atoms with Gasteiger partial charge in [-0.1, -0.05) is 5.22 Å². The van der Waals surface area contributed by atoms with E-state index in [0.717, 1.165) is 13.4 Å². The third-order valence-corrected chi connectivity index (χ3v) is 1.51. The van der Waals surface area contributed by atoms with E-state index >= 15 is 0 Å². The van der Waals surface area contributed by atoms with Crippen molar-refractivity contribution in [1.82, 2.24) is 15.0 Å². The first-order valence-electron chi connectivity index (χ1n) is 6.53. The van der Waals surface area contributed by atoms with E-state index in [4.69, 9.17) is 11.2 Å². The molecule has 106 valence electrons. The molecule has 0 aliphatic rings. The fraction of sp³-hybridized carbons (Fsp3) is 0.500. The molecule has 0 aliphatic carbocycles. The van der Waals surface area contributed by atoms with Gasteiger partial charge in [-0.05, 0) is 0 Å². The Morgan fingerprint density at radius 1 is 1.74 bits per heavy atom. The predicted octanol–water partition coefficient (Wildman–Crippen LogP) is 0.975. The first kappa shape index (κ1) is 9.72. The first-order chi connectivity index (χ1) is 10.3. The highest BCUT2D eigenvalue weighted by Gasteiger charge is 2.28. The number of likely N-dealkylation sites (N-methyl/N-ethyl adjacent to an activating group) is 1. The Labute approximate surface area is 111 Å². The molecule has 1 amide bonds. The van der Waals surface area contributed by atoms with Crippen LogP contribution in [0.3, 0.4) is 0 Å². The molecule has 0 bridgehead atoms. The number of halogens is 3. The highest BCUT2D eigenvalue weighted by molar-refractivity contribution is 5.94. The highest BCUT2D eigenvalue weighted by atomic mass is 19.4. The van der Waals surface area contributed by atoms with E-state index in [0.29, 0.717) is 0 Å². The van der Waals surface area contributed by atoms with Crippen LogP contribution in [0.25, 0.3) is 0 Å². The van der Waals surface area contributed by atoms with Crippen molar-refractivity contribution in [3.05, 3.63) is 12.0 Å². The second-order valence-electron chi connectivity index (χ2n) is 2.94. The summed E-state index contributed by atoms with van der Waals surface area (Å²) in [6.07, 6.45) is -4.37. The normalized spacial score (nSPS) is 16.6. The number of hydrogen-bond acceptors (Lipinski definition) is 5. The van der Waals surface area contributed by atoms with Crippen LogP contribution in [0.1, 0.15) is 16.0 Å². The third kappa shape index (κ3) is 5.33. The summed E-state index contributed by atoms with van der Waals surface area (Å²) >= 11 is 0. The molecular formula is C8H11F3N6O2. The molecule has 0 radical (unpaired) electrons. The third-order valence-electron chi connectivity index (χ3n) is 1.51. The monoisotopic (exact) mass is 284 g/mol. The largest absolute Gasteiger partial charge is 0.522 e. The van der Waals surface area contributed by atoms with E-state index in [1.165, 1.54) is 0 Å². The zero-order valence-electron chi connectivity index (χ0n) is 13.4. The van der Waals surface area contributed by atoms with Gasteiger partial charge in [-0.3, -0.25) is 14.5 Å². The van der Waals surface area contributed by atoms with E-state index in [1.54, 1.807) is 0 Å². The molecule has 1 heterocycles. The van der Waals surface area contributed by atoms with Crippen molar-refractivity contribution in [2.75, 3.05) is 20.1 Å². The molecule has 0 saturated carbocycles. The van der Waals surface area contributed by atoms with Crippen LogP contribution in [-0.2, 0) is 4.74 Å². The molecule has 19 heavy (non-hydrogen) atoms. The van der Waals surface area contributed by atoms with Crippen molar-refractivity contribution in [3.63, 3.8) is 0 Å². The highest BCUT2D eigenvalue weighted by Crippen LogP contribution is 2.16. The molecule has 3 N–H and O–H groups in total. The second kappa shape index (κ2) is 6.13. The standard InChI is InChI=1S/C8H11F3N6O2/c1-17(2-3-19-8(9,10)11)16-15-7-5(6(12)18)13-4-14-7/h4H,2-3H2,1H3,(H2,12,18)(H,13,14)/b16-15+/i2D2,3D2. The lowest BCUT2D eigenvalue weighted by molar-refractivity contribution is -0.324. The van der Waals surface area contributed by atoms with Crippen molar-refractivity contribution >= 4 is 11.7 Å². The smallest absolute Gasteiger partial charge is 0.364 e. The topological polar surface area (TPSA) is 109 Å². The van der Waals surface area contributed by atoms with E-state index in [-0.39, 0.29) is 16.5 Å². The molecule has 1 aromatic heterocycles. The quantitative estimate of drug-likeness (QED) is 0.599. The Hall–Kier alpha value is -2.17. The van der Waals surface area contributed by atoms with Crippen LogP contribution in [-0.4, -0.2) is 47.3 Å². The van der Waals surface area contributed by atoms with Gasteiger partial charge in [0, 0.05) is 7.05 Å². The second-order valence-corrected chi connectivity index (χ2v) is 2.94. The van der Waals surface area contributed by atoms with Crippen LogP contribution >= 0.6 is 0 Å². The number of nitrogens with zero attached hydrogens (tertiary/aromatic N) is 4. The zero-order valence-corrected chi connectivity index (χ0v) is 9.39. The fourth-order valence-corrected chi connectivity index (χ4v) is 0.823. The van der Waals surface area contributed by atoms with Gasteiger partial charge >= 0.3 is 6.36 Å². The van der Waals surface area contributed by atoms with Crippen LogP contribution in [0.4, 0.5) is 19.0 Å². The van der Waals surface area contributed by atoms with Crippen molar-refractivity contribution in [2.24, 2.45) is 16.1 Å². The average Bonchev–Trinajstić information content (AvgIpc) is 2.80. The molecule has 8 nitrogen and oxygen atoms in total. The maximum atomic E-state index is 12.1. The summed E-state index contributed by atoms with van der Waals surface area (Å²) < 4.78 is 68.5. The first-order valence-corrected chi connectivity index (χ1v) is 4.53. The molecule has 1 rings (SSSR count). The van der Waals surface area contributed by atoms with Gasteiger partial charge in [0.15, 0.2) is 5.69 Å². The summed E-state index contributed by atoms with van der Waals surface area (Å²) in [5.74, 6) is -1.30. The number of nitrogens with one attached hydrogen (secondary N) is 1. The number of hydrogen-bond donors (Lipinski definition) is 2. The number of amides is 1. The van der Waals surface area contributed by atoms with Crippen LogP contribution in [0.2, 0.25) is 0 Å². The molecule has 1 aromatic rings. The Balaban J connectivity index is 2.98. The van der Waals surface area contributed by atoms with E-state index in [9.17, 15) is 18.0 Å². The number of nitrogens with two attached hydrogens (primary N) is 1. The number of H-pyrrole nitrogens is 1. The molecule has 0 atom stereocenters. The van der Waals surface area contributed by atoms with Crippen LogP contribution in [0.5, 0.6) is 0 Å². The summed E-state index contributed by atoms with van der Waals surface area (Å²) in [7, 11) is 0.817. The number of carbonyl (C=O) groups excluding carboxylic acids is 1. The van der Waals surface area contributed by atoms with Gasteiger partial charge in [-0.2, -0.15) is 0 Å². The number of aromatic amines is 1. The minimum absolute atomic E-state index is 0.151. The van der Waals surface area contributed by atoms with Gasteiger partial charge in [0.05, 0.1) is 24.9 Å². The average molecular weight is 284 g/mol. The number of aromatic nitrogens is 2.